The van der Waals surface area contributed by atoms with Gasteiger partial charge in [0, 0.05) is 19.6 Å². The highest BCUT2D eigenvalue weighted by molar-refractivity contribution is 5.96. The molecule has 3 amide bonds. The Bertz CT molecular complexity index is 281. The Morgan fingerprint density at radius 2 is 1.83 bits per heavy atom. The average molecular weight is 258 g/mol. The van der Waals surface area contributed by atoms with Crippen LogP contribution in [0.5, 0.6) is 0 Å². The zero-order valence-electron chi connectivity index (χ0n) is 12.0. The molecule has 106 valence electrons. The van der Waals surface area contributed by atoms with E-state index in [2.05, 4.69) is 24.5 Å². The maximum atomic E-state index is 11.7. The Balaban J connectivity index is 4.13. The number of hydrogen-bond acceptors (Lipinski definition) is 4. The van der Waals surface area contributed by atoms with Gasteiger partial charge in [0.05, 0.1) is 6.04 Å². The summed E-state index contributed by atoms with van der Waals surface area (Å²) in [4.78, 5) is 24.6. The Labute approximate surface area is 109 Å². The Hall–Kier alpha value is -1.14. The molecule has 0 fully saturated rings. The summed E-state index contributed by atoms with van der Waals surface area (Å²) in [6.07, 6.45) is 0.825. The highest BCUT2D eigenvalue weighted by Crippen LogP contribution is 2.05. The van der Waals surface area contributed by atoms with E-state index in [0.29, 0.717) is 5.92 Å². The molecule has 2 atom stereocenters. The number of nitrogens with one attached hydrogen (secondary N) is 2. The molecule has 6 heteroatoms. The van der Waals surface area contributed by atoms with E-state index >= 15 is 0 Å². The van der Waals surface area contributed by atoms with Crippen molar-refractivity contribution in [3.05, 3.63) is 0 Å². The monoisotopic (exact) mass is 258 g/mol. The average Bonchev–Trinajstić information content (AvgIpc) is 2.33. The molecule has 0 aliphatic carbocycles. The number of nitrogens with zero attached hydrogens (tertiary/aromatic N) is 1. The molecule has 0 bridgehead atoms. The lowest BCUT2D eigenvalue weighted by Crippen LogP contribution is -2.48. The summed E-state index contributed by atoms with van der Waals surface area (Å²) in [6.45, 7) is 6.64. The molecule has 0 saturated carbocycles. The van der Waals surface area contributed by atoms with Gasteiger partial charge >= 0.3 is 6.03 Å². The van der Waals surface area contributed by atoms with E-state index in [4.69, 9.17) is 5.73 Å². The van der Waals surface area contributed by atoms with Gasteiger partial charge in [-0.25, -0.2) is 4.79 Å². The number of hydrogen-bond donors (Lipinski definition) is 3. The summed E-state index contributed by atoms with van der Waals surface area (Å²) >= 11 is 0. The first-order valence-electron chi connectivity index (χ1n) is 6.28. The molecule has 0 aliphatic heterocycles. The maximum Gasteiger partial charge on any atom is 0.321 e. The standard InChI is InChI=1S/C12H26N4O2/c1-8(2)10(13)6-7-16(5)9(3)11(17)15-12(18)14-4/h8-10H,6-7,13H2,1-5H3,(H2,14,15,17,18). The van der Waals surface area contributed by atoms with Crippen LogP contribution in [0.25, 0.3) is 0 Å². The smallest absolute Gasteiger partial charge is 0.321 e. The van der Waals surface area contributed by atoms with E-state index in [1.807, 2.05) is 11.9 Å². The minimum absolute atomic E-state index is 0.127. The summed E-state index contributed by atoms with van der Waals surface area (Å²) in [5, 5.41) is 4.60. The molecule has 6 nitrogen and oxygen atoms in total. The second-order valence-electron chi connectivity index (χ2n) is 4.92. The third-order valence-corrected chi connectivity index (χ3v) is 3.18. The van der Waals surface area contributed by atoms with Crippen LogP contribution < -0.4 is 16.4 Å². The van der Waals surface area contributed by atoms with Gasteiger partial charge in [-0.05, 0) is 26.3 Å². The van der Waals surface area contributed by atoms with E-state index in [9.17, 15) is 9.59 Å². The maximum absolute atomic E-state index is 11.7. The van der Waals surface area contributed by atoms with Crippen molar-refractivity contribution in [3.8, 4) is 0 Å². The van der Waals surface area contributed by atoms with E-state index in [-0.39, 0.29) is 18.0 Å². The summed E-state index contributed by atoms with van der Waals surface area (Å²) in [5.74, 6) is 0.114. The fraction of sp³-hybridized carbons (Fsp3) is 0.833. The fourth-order valence-corrected chi connectivity index (χ4v) is 1.36. The minimum atomic E-state index is -0.487. The van der Waals surface area contributed by atoms with Crippen molar-refractivity contribution in [2.45, 2.75) is 39.3 Å². The van der Waals surface area contributed by atoms with Crippen molar-refractivity contribution < 1.29 is 9.59 Å². The van der Waals surface area contributed by atoms with Crippen LogP contribution in [-0.4, -0.2) is 49.6 Å². The van der Waals surface area contributed by atoms with Gasteiger partial charge in [-0.1, -0.05) is 13.8 Å². The van der Waals surface area contributed by atoms with Crippen molar-refractivity contribution in [2.75, 3.05) is 20.6 Å². The number of urea groups is 1. The number of carbonyl (C=O) groups excluding carboxylic acids is 2. The predicted molar refractivity (Wildman–Crippen MR) is 72.1 cm³/mol. The second-order valence-corrected chi connectivity index (χ2v) is 4.92. The Morgan fingerprint density at radius 3 is 2.28 bits per heavy atom. The molecule has 0 spiro atoms. The molecule has 0 aromatic carbocycles. The number of nitrogens with two attached hydrogens (primary N) is 1. The van der Waals surface area contributed by atoms with Crippen molar-refractivity contribution in [3.63, 3.8) is 0 Å². The molecule has 18 heavy (non-hydrogen) atoms. The van der Waals surface area contributed by atoms with Gasteiger partial charge in [-0.15, -0.1) is 0 Å². The van der Waals surface area contributed by atoms with Crippen LogP contribution in [0.2, 0.25) is 0 Å². The van der Waals surface area contributed by atoms with E-state index in [0.717, 1.165) is 13.0 Å². The van der Waals surface area contributed by atoms with Crippen LogP contribution in [0.4, 0.5) is 4.79 Å². The number of carbonyl (C=O) groups is 2. The fourth-order valence-electron chi connectivity index (χ4n) is 1.36. The van der Waals surface area contributed by atoms with E-state index < -0.39 is 6.03 Å². The van der Waals surface area contributed by atoms with Gasteiger partial charge < -0.3 is 11.1 Å². The summed E-state index contributed by atoms with van der Waals surface area (Å²) < 4.78 is 0. The molecule has 2 unspecified atom stereocenters. The summed E-state index contributed by atoms with van der Waals surface area (Å²) in [7, 11) is 3.32. The third-order valence-electron chi connectivity index (χ3n) is 3.18. The van der Waals surface area contributed by atoms with Crippen LogP contribution >= 0.6 is 0 Å². The van der Waals surface area contributed by atoms with E-state index in [1.54, 1.807) is 6.92 Å². The quantitative estimate of drug-likeness (QED) is 0.632. The highest BCUT2D eigenvalue weighted by Gasteiger charge is 2.20. The molecule has 0 aliphatic rings. The van der Waals surface area contributed by atoms with Crippen molar-refractivity contribution in [2.24, 2.45) is 11.7 Å². The molecule has 4 N–H and O–H groups in total. The molecule has 0 aromatic rings. The van der Waals surface area contributed by atoms with Crippen LogP contribution in [-0.2, 0) is 4.79 Å². The number of rotatable bonds is 6. The van der Waals surface area contributed by atoms with Crippen LogP contribution in [0.3, 0.4) is 0 Å². The molecule has 0 aromatic heterocycles. The first kappa shape index (κ1) is 16.9. The molecular weight excluding hydrogens is 232 g/mol. The minimum Gasteiger partial charge on any atom is -0.341 e. The van der Waals surface area contributed by atoms with Crippen LogP contribution in [0, 0.1) is 5.92 Å². The second kappa shape index (κ2) is 8.05. The van der Waals surface area contributed by atoms with Gasteiger partial charge in [0.2, 0.25) is 5.91 Å². The van der Waals surface area contributed by atoms with Crippen molar-refractivity contribution in [1.29, 1.82) is 0 Å². The zero-order valence-corrected chi connectivity index (χ0v) is 12.0. The molecule has 0 radical (unpaired) electrons. The largest absolute Gasteiger partial charge is 0.341 e. The third kappa shape index (κ3) is 5.97. The van der Waals surface area contributed by atoms with Crippen molar-refractivity contribution in [1.82, 2.24) is 15.5 Å². The summed E-state index contributed by atoms with van der Waals surface area (Å²) in [6, 6.07) is -0.720. The lowest BCUT2D eigenvalue weighted by atomic mass is 10.0. The normalized spacial score (nSPS) is 14.4. The van der Waals surface area contributed by atoms with Gasteiger partial charge in [0.25, 0.3) is 0 Å². The first-order chi connectivity index (χ1) is 8.29. The number of imide groups is 1. The Kier molecular flexibility index (Phi) is 7.54. The van der Waals surface area contributed by atoms with Gasteiger partial charge in [-0.3, -0.25) is 15.0 Å². The van der Waals surface area contributed by atoms with Crippen LogP contribution in [0.1, 0.15) is 27.2 Å². The predicted octanol–water partition coefficient (Wildman–Crippen LogP) is 0.136. The Morgan fingerprint density at radius 1 is 1.28 bits per heavy atom. The van der Waals surface area contributed by atoms with Crippen molar-refractivity contribution >= 4 is 11.9 Å². The lowest BCUT2D eigenvalue weighted by molar-refractivity contribution is -0.124. The van der Waals surface area contributed by atoms with Gasteiger partial charge in [0.1, 0.15) is 0 Å². The highest BCUT2D eigenvalue weighted by atomic mass is 16.2. The zero-order chi connectivity index (χ0) is 14.3. The molecule has 0 rings (SSSR count). The van der Waals surface area contributed by atoms with Gasteiger partial charge in [0.15, 0.2) is 0 Å². The molecular formula is C12H26N4O2. The number of amides is 3. The number of likely N-dealkylation sites (N-methyl/N-ethyl adjacent to an activating group) is 1. The molecule has 0 heterocycles. The first-order valence-corrected chi connectivity index (χ1v) is 6.28. The SMILES string of the molecule is CNC(=O)NC(=O)C(C)N(C)CCC(N)C(C)C. The summed E-state index contributed by atoms with van der Waals surface area (Å²) in [5.41, 5.74) is 5.95. The topological polar surface area (TPSA) is 87.5 Å². The van der Waals surface area contributed by atoms with E-state index in [1.165, 1.54) is 7.05 Å². The molecule has 0 saturated heterocycles. The van der Waals surface area contributed by atoms with Crippen LogP contribution in [0.15, 0.2) is 0 Å². The lowest BCUT2D eigenvalue weighted by Gasteiger charge is -2.25. The van der Waals surface area contributed by atoms with Gasteiger partial charge in [-0.2, -0.15) is 0 Å².